The Balaban J connectivity index is 0.00000144. The third-order valence-corrected chi connectivity index (χ3v) is 5.62. The molecular formula is C19H27ClN2. The Bertz CT molecular complexity index is 607. The lowest BCUT2D eigenvalue weighted by molar-refractivity contribution is -0.709. The first-order valence-electron chi connectivity index (χ1n) is 8.95. The molecule has 2 aliphatic carbocycles. The van der Waals surface area contributed by atoms with Gasteiger partial charge in [0.25, 0.3) is 5.82 Å². The summed E-state index contributed by atoms with van der Waals surface area (Å²) in [7, 11) is 0. The van der Waals surface area contributed by atoms with Crippen molar-refractivity contribution in [2.45, 2.75) is 76.2 Å². The van der Waals surface area contributed by atoms with E-state index in [1.54, 1.807) is 0 Å². The molecule has 1 N–H and O–H groups in total. The molecule has 1 heterocycles. The molecule has 120 valence electrons. The zero-order chi connectivity index (χ0) is 14.1. The van der Waals surface area contributed by atoms with Crippen LogP contribution in [0, 0.1) is 0 Å². The standard InChI is InChI=1S/C19H26N2.ClH/c1-3-9-15(10-4-1)19-20-17-13-7-8-14-18(17)21(19)16-11-5-2-6-12-16;/h7-8,13-16H,1-6,9-12H2;1H. The summed E-state index contributed by atoms with van der Waals surface area (Å²) in [5.74, 6) is 2.29. The lowest BCUT2D eigenvalue weighted by atomic mass is 9.88. The van der Waals surface area contributed by atoms with Crippen LogP contribution in [0.3, 0.4) is 0 Å². The Morgan fingerprint density at radius 2 is 1.45 bits per heavy atom. The van der Waals surface area contributed by atoms with E-state index in [9.17, 15) is 0 Å². The minimum atomic E-state index is 0. The normalized spacial score (nSPS) is 20.9. The molecule has 0 atom stereocenters. The third-order valence-electron chi connectivity index (χ3n) is 5.62. The van der Waals surface area contributed by atoms with E-state index in [0.29, 0.717) is 0 Å². The maximum absolute atomic E-state index is 3.79. The summed E-state index contributed by atoms with van der Waals surface area (Å²) in [5, 5.41) is 0. The molecule has 0 aliphatic heterocycles. The number of nitrogens with zero attached hydrogens (tertiary/aromatic N) is 1. The number of para-hydroxylation sites is 2. The average molecular weight is 319 g/mol. The highest BCUT2D eigenvalue weighted by molar-refractivity contribution is 5.71. The molecule has 0 radical (unpaired) electrons. The van der Waals surface area contributed by atoms with Crippen molar-refractivity contribution in [2.75, 3.05) is 0 Å². The number of imidazole rings is 1. The largest absolute Gasteiger partial charge is 1.00 e. The fourth-order valence-corrected chi connectivity index (χ4v) is 4.52. The number of hydrogen-bond acceptors (Lipinski definition) is 0. The van der Waals surface area contributed by atoms with Gasteiger partial charge in [-0.25, -0.2) is 9.55 Å². The maximum Gasteiger partial charge on any atom is 0.258 e. The molecule has 4 rings (SSSR count). The quantitative estimate of drug-likeness (QED) is 0.817. The maximum atomic E-state index is 3.79. The highest BCUT2D eigenvalue weighted by Crippen LogP contribution is 2.34. The first-order chi connectivity index (χ1) is 10.4. The number of aromatic amines is 1. The van der Waals surface area contributed by atoms with E-state index in [-0.39, 0.29) is 12.4 Å². The predicted octanol–water partition coefficient (Wildman–Crippen LogP) is 2.01. The molecule has 22 heavy (non-hydrogen) atoms. The van der Waals surface area contributed by atoms with Crippen LogP contribution in [0.2, 0.25) is 0 Å². The molecule has 0 saturated heterocycles. The summed E-state index contributed by atoms with van der Waals surface area (Å²) in [6.07, 6.45) is 14.0. The molecule has 0 bridgehead atoms. The fourth-order valence-electron chi connectivity index (χ4n) is 4.52. The van der Waals surface area contributed by atoms with Gasteiger partial charge in [0.1, 0.15) is 6.04 Å². The zero-order valence-electron chi connectivity index (χ0n) is 13.4. The number of rotatable bonds is 2. The second kappa shape index (κ2) is 7.04. The lowest BCUT2D eigenvalue weighted by Crippen LogP contribution is -3.00. The molecule has 3 heteroatoms. The average Bonchev–Trinajstić information content (AvgIpc) is 2.96. The van der Waals surface area contributed by atoms with Gasteiger partial charge < -0.3 is 12.4 Å². The van der Waals surface area contributed by atoms with Gasteiger partial charge >= 0.3 is 0 Å². The van der Waals surface area contributed by atoms with Crippen LogP contribution in [-0.2, 0) is 0 Å². The van der Waals surface area contributed by atoms with Crippen LogP contribution < -0.4 is 17.0 Å². The molecule has 2 fully saturated rings. The van der Waals surface area contributed by atoms with Gasteiger partial charge in [-0.1, -0.05) is 37.8 Å². The molecule has 2 saturated carbocycles. The van der Waals surface area contributed by atoms with E-state index in [1.165, 1.54) is 81.1 Å². The molecule has 1 aromatic heterocycles. The Labute approximate surface area is 139 Å². The minimum Gasteiger partial charge on any atom is -1.00 e. The molecule has 2 aliphatic rings. The van der Waals surface area contributed by atoms with Gasteiger partial charge in [0.15, 0.2) is 11.0 Å². The van der Waals surface area contributed by atoms with Crippen molar-refractivity contribution in [3.05, 3.63) is 30.1 Å². The predicted molar refractivity (Wildman–Crippen MR) is 86.4 cm³/mol. The number of fused-ring (bicyclic) bond motifs is 1. The van der Waals surface area contributed by atoms with Crippen molar-refractivity contribution in [1.29, 1.82) is 0 Å². The van der Waals surface area contributed by atoms with Gasteiger partial charge in [-0.3, -0.25) is 0 Å². The highest BCUT2D eigenvalue weighted by atomic mass is 35.5. The lowest BCUT2D eigenvalue weighted by Gasteiger charge is -2.24. The van der Waals surface area contributed by atoms with Crippen molar-refractivity contribution in [2.24, 2.45) is 0 Å². The van der Waals surface area contributed by atoms with Gasteiger partial charge in [-0.15, -0.1) is 0 Å². The Hall–Kier alpha value is -1.02. The number of nitrogens with one attached hydrogen (secondary N) is 1. The molecule has 0 unspecified atom stereocenters. The van der Waals surface area contributed by atoms with E-state index in [2.05, 4.69) is 33.8 Å². The van der Waals surface area contributed by atoms with Crippen molar-refractivity contribution in [3.8, 4) is 0 Å². The van der Waals surface area contributed by atoms with E-state index >= 15 is 0 Å². The van der Waals surface area contributed by atoms with E-state index < -0.39 is 0 Å². The van der Waals surface area contributed by atoms with E-state index in [0.717, 1.165) is 12.0 Å². The molecular weight excluding hydrogens is 292 g/mol. The smallest absolute Gasteiger partial charge is 0.258 e. The summed E-state index contributed by atoms with van der Waals surface area (Å²) in [6.45, 7) is 0. The van der Waals surface area contributed by atoms with Gasteiger partial charge in [0, 0.05) is 0 Å². The summed E-state index contributed by atoms with van der Waals surface area (Å²) in [4.78, 5) is 3.79. The molecule has 0 amide bonds. The van der Waals surface area contributed by atoms with Gasteiger partial charge in [-0.2, -0.15) is 0 Å². The Morgan fingerprint density at radius 1 is 0.818 bits per heavy atom. The van der Waals surface area contributed by atoms with Gasteiger partial charge in [0.05, 0.1) is 5.92 Å². The van der Waals surface area contributed by atoms with Gasteiger partial charge in [-0.05, 0) is 50.7 Å². The van der Waals surface area contributed by atoms with Crippen LogP contribution in [0.4, 0.5) is 0 Å². The Morgan fingerprint density at radius 3 is 2.18 bits per heavy atom. The van der Waals surface area contributed by atoms with Crippen LogP contribution >= 0.6 is 0 Å². The molecule has 2 aromatic rings. The highest BCUT2D eigenvalue weighted by Gasteiger charge is 2.32. The summed E-state index contributed by atoms with van der Waals surface area (Å²) in [6, 6.07) is 9.65. The van der Waals surface area contributed by atoms with E-state index in [4.69, 9.17) is 0 Å². The van der Waals surface area contributed by atoms with Crippen LogP contribution in [0.15, 0.2) is 24.3 Å². The zero-order valence-corrected chi connectivity index (χ0v) is 14.1. The second-order valence-electron chi connectivity index (χ2n) is 7.02. The molecule has 0 spiro atoms. The van der Waals surface area contributed by atoms with Crippen LogP contribution in [0.5, 0.6) is 0 Å². The summed E-state index contributed by atoms with van der Waals surface area (Å²) >= 11 is 0. The van der Waals surface area contributed by atoms with Crippen molar-refractivity contribution in [1.82, 2.24) is 4.98 Å². The summed E-state index contributed by atoms with van der Waals surface area (Å²) < 4.78 is 2.70. The molecule has 1 aromatic carbocycles. The van der Waals surface area contributed by atoms with Crippen LogP contribution in [-0.4, -0.2) is 4.98 Å². The Kier molecular flexibility index (Phi) is 5.07. The number of hydrogen-bond donors (Lipinski definition) is 1. The van der Waals surface area contributed by atoms with Crippen molar-refractivity contribution in [3.63, 3.8) is 0 Å². The molecule has 2 nitrogen and oxygen atoms in total. The SMILES string of the molecule is [Cl-].c1ccc2c(c1)[nH]c(C1CCCCC1)[n+]2C1CCCCC1. The second-order valence-corrected chi connectivity index (χ2v) is 7.02. The first-order valence-corrected chi connectivity index (χ1v) is 8.95. The third kappa shape index (κ3) is 2.90. The van der Waals surface area contributed by atoms with Crippen LogP contribution in [0.25, 0.3) is 11.0 Å². The monoisotopic (exact) mass is 318 g/mol. The minimum absolute atomic E-state index is 0. The number of H-pyrrole nitrogens is 1. The van der Waals surface area contributed by atoms with E-state index in [1.807, 2.05) is 0 Å². The summed E-state index contributed by atoms with van der Waals surface area (Å²) in [5.41, 5.74) is 2.77. The van der Waals surface area contributed by atoms with Crippen molar-refractivity contribution < 1.29 is 17.0 Å². The van der Waals surface area contributed by atoms with Crippen LogP contribution in [0.1, 0.15) is 82.0 Å². The first kappa shape index (κ1) is 15.9. The number of benzene rings is 1. The van der Waals surface area contributed by atoms with Gasteiger partial charge in [0.2, 0.25) is 0 Å². The fraction of sp³-hybridized carbons (Fsp3) is 0.632. The number of halogens is 1. The van der Waals surface area contributed by atoms with Crippen molar-refractivity contribution >= 4 is 11.0 Å². The topological polar surface area (TPSA) is 19.7 Å². The number of aromatic nitrogens is 2.